The van der Waals surface area contributed by atoms with E-state index in [0.717, 1.165) is 4.90 Å². The number of hydrogen-bond donors (Lipinski definition) is 2. The molecule has 0 spiro atoms. The molecule has 194 valence electrons. The largest absolute Gasteiger partial charge is 0.441 e. The summed E-state index contributed by atoms with van der Waals surface area (Å²) in [6.45, 7) is 9.95. The van der Waals surface area contributed by atoms with Crippen molar-refractivity contribution < 1.29 is 43.5 Å². The Morgan fingerprint density at radius 1 is 1.18 bits per heavy atom. The van der Waals surface area contributed by atoms with Gasteiger partial charge in [-0.25, -0.2) is 9.69 Å². The maximum absolute atomic E-state index is 13.3. The van der Waals surface area contributed by atoms with Crippen LogP contribution in [0, 0.1) is 11.8 Å². The highest BCUT2D eigenvalue weighted by atomic mass is 79.9. The van der Waals surface area contributed by atoms with E-state index in [1.807, 2.05) is 13.8 Å². The summed E-state index contributed by atoms with van der Waals surface area (Å²) in [5, 5.41) is 19.7. The van der Waals surface area contributed by atoms with E-state index in [2.05, 4.69) is 15.9 Å². The molecule has 1 saturated heterocycles. The molecule has 1 fully saturated rings. The van der Waals surface area contributed by atoms with Gasteiger partial charge in [0.1, 0.15) is 11.7 Å². The van der Waals surface area contributed by atoms with Crippen molar-refractivity contribution in [3.63, 3.8) is 0 Å². The summed E-state index contributed by atoms with van der Waals surface area (Å²) in [6, 6.07) is -0.506. The van der Waals surface area contributed by atoms with E-state index in [9.17, 15) is 19.5 Å². The van der Waals surface area contributed by atoms with Crippen LogP contribution in [0.25, 0.3) is 0 Å². The Balaban J connectivity index is 2.04. The number of halogens is 1. The van der Waals surface area contributed by atoms with Gasteiger partial charge in [0.15, 0.2) is 11.6 Å². The minimum atomic E-state index is -1.81. The molecular weight excluding hydrogens is 514 g/mol. The smallest absolute Gasteiger partial charge is 0.417 e. The lowest BCUT2D eigenvalue weighted by atomic mass is 9.87. The Morgan fingerprint density at radius 3 is 2.38 bits per heavy atom. The number of hydrogen-bond acceptors (Lipinski definition) is 9. The van der Waals surface area contributed by atoms with Gasteiger partial charge < -0.3 is 29.2 Å². The van der Waals surface area contributed by atoms with Gasteiger partial charge in [-0.3, -0.25) is 9.59 Å². The second-order valence-corrected chi connectivity index (χ2v) is 10.3. The molecule has 0 aliphatic carbocycles. The molecule has 10 nitrogen and oxygen atoms in total. The minimum absolute atomic E-state index is 0.0552. The third-order valence-electron chi connectivity index (χ3n) is 5.91. The van der Waals surface area contributed by atoms with Crippen LogP contribution in [-0.4, -0.2) is 89.5 Å². The Kier molecular flexibility index (Phi) is 10.2. The van der Waals surface area contributed by atoms with Gasteiger partial charge in [0.25, 0.3) is 0 Å². The zero-order chi connectivity index (χ0) is 25.7. The maximum atomic E-state index is 13.3. The first-order valence-electron chi connectivity index (χ1n) is 11.5. The molecule has 2 N–H and O–H groups in total. The number of cyclic esters (lactones) is 1. The number of ketones is 1. The summed E-state index contributed by atoms with van der Waals surface area (Å²) in [6.07, 6.45) is -0.287. The molecule has 0 aromatic rings. The van der Waals surface area contributed by atoms with Crippen molar-refractivity contribution in [2.24, 2.45) is 11.8 Å². The first kappa shape index (κ1) is 28.9. The molecule has 4 atom stereocenters. The molecule has 0 radical (unpaired) electrons. The summed E-state index contributed by atoms with van der Waals surface area (Å²) >= 11 is 3.21. The molecule has 0 saturated carbocycles. The third kappa shape index (κ3) is 6.64. The van der Waals surface area contributed by atoms with Gasteiger partial charge in [0.05, 0.1) is 42.9 Å². The summed E-state index contributed by atoms with van der Waals surface area (Å²) in [5.41, 5.74) is -0.870. The van der Waals surface area contributed by atoms with Gasteiger partial charge in [0.2, 0.25) is 5.91 Å². The van der Waals surface area contributed by atoms with E-state index in [1.165, 1.54) is 13.0 Å². The molecule has 2 rings (SSSR count). The Morgan fingerprint density at radius 2 is 1.79 bits per heavy atom. The zero-order valence-corrected chi connectivity index (χ0v) is 22.0. The summed E-state index contributed by atoms with van der Waals surface area (Å²) in [4.78, 5) is 39.6. The summed E-state index contributed by atoms with van der Waals surface area (Å²) in [7, 11) is 0. The van der Waals surface area contributed by atoms with Crippen molar-refractivity contribution in [3.8, 4) is 0 Å². The average molecular weight is 550 g/mol. The first-order valence-corrected chi connectivity index (χ1v) is 12.3. The molecule has 0 unspecified atom stereocenters. The van der Waals surface area contributed by atoms with Crippen molar-refractivity contribution >= 4 is 33.7 Å². The molecule has 2 heterocycles. The molecule has 11 heteroatoms. The zero-order valence-electron chi connectivity index (χ0n) is 20.4. The Bertz CT molecular complexity index is 784. The fourth-order valence-corrected chi connectivity index (χ4v) is 4.92. The van der Waals surface area contributed by atoms with E-state index < -0.39 is 47.2 Å². The normalized spacial score (nSPS) is 27.7. The number of aliphatic hydroxyl groups is 2. The van der Waals surface area contributed by atoms with Gasteiger partial charge in [-0.1, -0.05) is 20.8 Å². The summed E-state index contributed by atoms with van der Waals surface area (Å²) < 4.78 is 21.9. The van der Waals surface area contributed by atoms with Crippen LogP contribution in [0.15, 0.2) is 10.6 Å². The van der Waals surface area contributed by atoms with E-state index in [4.69, 9.17) is 24.1 Å². The van der Waals surface area contributed by atoms with Crippen LogP contribution in [0.3, 0.4) is 0 Å². The third-order valence-corrected chi connectivity index (χ3v) is 6.76. The first-order chi connectivity index (χ1) is 15.9. The standard InChI is InChI=1S/C23H36BrNO9/c1-14(2)19-22(4,5)34-21(29)25(19)20(28)15(3)18-16(27)13-17(24)23(30,33-18)7-6-9-31-11-12-32-10-8-26/h13-15,18-19,26,30H,6-12H2,1-5H3/t15-,18-,19-,23+/m0/s1. The van der Waals surface area contributed by atoms with Crippen LogP contribution in [0.5, 0.6) is 0 Å². The van der Waals surface area contributed by atoms with Crippen LogP contribution in [0.2, 0.25) is 0 Å². The summed E-state index contributed by atoms with van der Waals surface area (Å²) in [5.74, 6) is -3.99. The van der Waals surface area contributed by atoms with Crippen LogP contribution >= 0.6 is 15.9 Å². The average Bonchev–Trinajstić information content (AvgIpc) is 3.00. The second-order valence-electron chi connectivity index (χ2n) is 9.43. The number of amides is 2. The topological polar surface area (TPSA) is 132 Å². The van der Waals surface area contributed by atoms with Crippen molar-refractivity contribution in [2.45, 2.75) is 71.0 Å². The number of rotatable bonds is 12. The van der Waals surface area contributed by atoms with Gasteiger partial charge in [-0.2, -0.15) is 0 Å². The van der Waals surface area contributed by atoms with Gasteiger partial charge >= 0.3 is 6.09 Å². The van der Waals surface area contributed by atoms with E-state index in [1.54, 1.807) is 13.8 Å². The lowest BCUT2D eigenvalue weighted by Crippen LogP contribution is -2.54. The van der Waals surface area contributed by atoms with Crippen LogP contribution < -0.4 is 0 Å². The fourth-order valence-electron chi connectivity index (χ4n) is 4.41. The Hall–Kier alpha value is -1.37. The van der Waals surface area contributed by atoms with Crippen molar-refractivity contribution in [1.82, 2.24) is 4.90 Å². The lowest BCUT2D eigenvalue weighted by Gasteiger charge is -2.38. The molecule has 2 amide bonds. The van der Waals surface area contributed by atoms with Crippen molar-refractivity contribution in [3.05, 3.63) is 10.6 Å². The molecule has 0 bridgehead atoms. The molecule has 34 heavy (non-hydrogen) atoms. The van der Waals surface area contributed by atoms with Crippen LogP contribution in [-0.2, 0) is 28.5 Å². The monoisotopic (exact) mass is 549 g/mol. The highest BCUT2D eigenvalue weighted by Crippen LogP contribution is 2.39. The van der Waals surface area contributed by atoms with Crippen molar-refractivity contribution in [1.29, 1.82) is 0 Å². The highest BCUT2D eigenvalue weighted by molar-refractivity contribution is 9.11. The quantitative estimate of drug-likeness (QED) is 0.351. The molecule has 0 aromatic heterocycles. The van der Waals surface area contributed by atoms with Gasteiger partial charge in [-0.15, -0.1) is 0 Å². The minimum Gasteiger partial charge on any atom is -0.441 e. The number of aliphatic hydroxyl groups excluding tert-OH is 1. The molecule has 2 aliphatic heterocycles. The number of imide groups is 1. The van der Waals surface area contributed by atoms with E-state index >= 15 is 0 Å². The molecule has 0 aromatic carbocycles. The lowest BCUT2D eigenvalue weighted by molar-refractivity contribution is -0.217. The Labute approximate surface area is 208 Å². The SMILES string of the molecule is CC(C)[C@@H]1N(C(=O)[C@@H](C)[C@@H]2O[C@](O)(CCCOCCOCCO)C(Br)=CC2=O)C(=O)OC1(C)C. The van der Waals surface area contributed by atoms with Crippen LogP contribution in [0.4, 0.5) is 4.79 Å². The van der Waals surface area contributed by atoms with Gasteiger partial charge in [0, 0.05) is 13.0 Å². The van der Waals surface area contributed by atoms with E-state index in [0.29, 0.717) is 26.2 Å². The number of carbonyl (C=O) groups excluding carboxylic acids is 3. The highest BCUT2D eigenvalue weighted by Gasteiger charge is 2.54. The number of ether oxygens (including phenoxy) is 4. The molecular formula is C23H36BrNO9. The predicted molar refractivity (Wildman–Crippen MR) is 125 cm³/mol. The van der Waals surface area contributed by atoms with Gasteiger partial charge in [-0.05, 0) is 48.2 Å². The second kappa shape index (κ2) is 12.0. The maximum Gasteiger partial charge on any atom is 0.417 e. The predicted octanol–water partition coefficient (Wildman–Crippen LogP) is 2.15. The fraction of sp³-hybridized carbons (Fsp3) is 0.783. The number of nitrogens with zero attached hydrogens (tertiary/aromatic N) is 1. The van der Waals surface area contributed by atoms with Crippen molar-refractivity contribution in [2.75, 3.05) is 33.0 Å². The molecule has 2 aliphatic rings. The van der Waals surface area contributed by atoms with Crippen LogP contribution in [0.1, 0.15) is 47.5 Å². The number of carbonyl (C=O) groups is 3. The van der Waals surface area contributed by atoms with E-state index in [-0.39, 0.29) is 30.0 Å².